The van der Waals surface area contributed by atoms with E-state index in [9.17, 15) is 19.7 Å². The molecule has 6 nitrogen and oxygen atoms in total. The highest BCUT2D eigenvalue weighted by Gasteiger charge is 2.58. The Morgan fingerprint density at radius 1 is 1.17 bits per heavy atom. The molecule has 0 unspecified atom stereocenters. The summed E-state index contributed by atoms with van der Waals surface area (Å²) in [6.07, 6.45) is 10.3. The van der Waals surface area contributed by atoms with Crippen molar-refractivity contribution in [3.05, 3.63) is 46.5 Å². The SMILES string of the molecule is CCC1=C2[C@@H](CC/C(C)=C/c3cccc(O)c3)OB(O)C[C@@H]2[C@@H]2C(=O)N(C3CCCCC3)C(=O)[C@@H]2C1. The van der Waals surface area contributed by atoms with Gasteiger partial charge in [0.2, 0.25) is 11.8 Å². The largest absolute Gasteiger partial charge is 0.508 e. The molecule has 36 heavy (non-hydrogen) atoms. The summed E-state index contributed by atoms with van der Waals surface area (Å²) in [6.45, 7) is 4.18. The highest BCUT2D eigenvalue weighted by atomic mass is 16.5. The third kappa shape index (κ3) is 4.80. The average molecular weight is 491 g/mol. The monoisotopic (exact) mass is 491 g/mol. The molecule has 1 aromatic rings. The lowest BCUT2D eigenvalue weighted by molar-refractivity contribution is -0.143. The summed E-state index contributed by atoms with van der Waals surface area (Å²) >= 11 is 0. The molecule has 1 saturated carbocycles. The van der Waals surface area contributed by atoms with Gasteiger partial charge < -0.3 is 14.8 Å². The van der Waals surface area contributed by atoms with Gasteiger partial charge in [0.05, 0.1) is 17.9 Å². The van der Waals surface area contributed by atoms with Crippen LogP contribution in [-0.2, 0) is 14.2 Å². The molecule has 2 amide bonds. The first-order valence-electron chi connectivity index (χ1n) is 13.8. The van der Waals surface area contributed by atoms with E-state index in [4.69, 9.17) is 4.65 Å². The number of nitrogens with zero attached hydrogens (tertiary/aromatic N) is 1. The van der Waals surface area contributed by atoms with Gasteiger partial charge in [0.25, 0.3) is 0 Å². The van der Waals surface area contributed by atoms with Crippen LogP contribution in [0.15, 0.2) is 41.0 Å². The average Bonchev–Trinajstić information content (AvgIpc) is 3.12. The summed E-state index contributed by atoms with van der Waals surface area (Å²) < 4.78 is 6.08. The molecule has 0 bridgehead atoms. The van der Waals surface area contributed by atoms with E-state index in [-0.39, 0.29) is 47.5 Å². The maximum Gasteiger partial charge on any atom is 0.455 e. The topological polar surface area (TPSA) is 87.1 Å². The van der Waals surface area contributed by atoms with Crippen molar-refractivity contribution in [2.75, 3.05) is 0 Å². The Balaban J connectivity index is 1.38. The number of imide groups is 1. The quantitative estimate of drug-likeness (QED) is 0.328. The van der Waals surface area contributed by atoms with E-state index in [1.165, 1.54) is 17.6 Å². The number of allylic oxidation sites excluding steroid dienone is 2. The maximum atomic E-state index is 13.7. The predicted molar refractivity (Wildman–Crippen MR) is 140 cm³/mol. The number of phenolic OH excluding ortho intramolecular Hbond substituents is 1. The number of phenols is 1. The smallest absolute Gasteiger partial charge is 0.455 e. The minimum Gasteiger partial charge on any atom is -0.508 e. The summed E-state index contributed by atoms with van der Waals surface area (Å²) in [6, 6.07) is 7.22. The molecule has 5 rings (SSSR count). The van der Waals surface area contributed by atoms with E-state index in [2.05, 4.69) is 19.9 Å². The lowest BCUT2D eigenvalue weighted by Crippen LogP contribution is -2.46. The Labute approximate surface area is 214 Å². The van der Waals surface area contributed by atoms with Crippen LogP contribution in [0.1, 0.15) is 77.2 Å². The fourth-order valence-electron chi connectivity index (χ4n) is 7.16. The zero-order chi connectivity index (χ0) is 25.4. The minimum atomic E-state index is -0.928. The Hall–Kier alpha value is -2.38. The first kappa shape index (κ1) is 25.3. The van der Waals surface area contributed by atoms with Crippen molar-refractivity contribution in [2.24, 2.45) is 17.8 Å². The van der Waals surface area contributed by atoms with E-state index in [1.54, 1.807) is 17.0 Å². The first-order valence-corrected chi connectivity index (χ1v) is 13.8. The van der Waals surface area contributed by atoms with E-state index in [0.29, 0.717) is 19.2 Å². The molecule has 2 heterocycles. The number of fused-ring (bicyclic) bond motifs is 3. The van der Waals surface area contributed by atoms with Gasteiger partial charge in [-0.2, -0.15) is 0 Å². The summed E-state index contributed by atoms with van der Waals surface area (Å²) in [5.41, 5.74) is 4.51. The lowest BCUT2D eigenvalue weighted by atomic mass is 9.58. The Kier molecular flexibility index (Phi) is 7.41. The number of hydrogen-bond donors (Lipinski definition) is 2. The van der Waals surface area contributed by atoms with Crippen molar-refractivity contribution in [3.8, 4) is 5.75 Å². The van der Waals surface area contributed by atoms with Gasteiger partial charge in [-0.25, -0.2) is 0 Å². The Morgan fingerprint density at radius 3 is 2.67 bits per heavy atom. The van der Waals surface area contributed by atoms with Crippen molar-refractivity contribution in [1.82, 2.24) is 4.90 Å². The van der Waals surface area contributed by atoms with Gasteiger partial charge in [0, 0.05) is 6.04 Å². The van der Waals surface area contributed by atoms with Gasteiger partial charge in [-0.1, -0.05) is 55.5 Å². The second-order valence-electron chi connectivity index (χ2n) is 11.1. The summed E-state index contributed by atoms with van der Waals surface area (Å²) in [4.78, 5) is 28.9. The van der Waals surface area contributed by atoms with E-state index >= 15 is 0 Å². The number of carbonyl (C=O) groups is 2. The second-order valence-corrected chi connectivity index (χ2v) is 11.1. The van der Waals surface area contributed by atoms with Crippen LogP contribution < -0.4 is 0 Å². The summed E-state index contributed by atoms with van der Waals surface area (Å²) in [5, 5.41) is 20.5. The minimum absolute atomic E-state index is 0.0117. The zero-order valence-electron chi connectivity index (χ0n) is 21.5. The second kappa shape index (κ2) is 10.5. The highest BCUT2D eigenvalue weighted by molar-refractivity contribution is 6.43. The summed E-state index contributed by atoms with van der Waals surface area (Å²) in [7, 11) is -0.928. The third-order valence-electron chi connectivity index (χ3n) is 8.79. The molecule has 2 aliphatic heterocycles. The van der Waals surface area contributed by atoms with Gasteiger partial charge in [0.1, 0.15) is 5.75 Å². The van der Waals surface area contributed by atoms with Crippen molar-refractivity contribution in [3.63, 3.8) is 0 Å². The predicted octanol–water partition coefficient (Wildman–Crippen LogP) is 5.12. The molecule has 192 valence electrons. The maximum absolute atomic E-state index is 13.7. The fourth-order valence-corrected chi connectivity index (χ4v) is 7.16. The molecule has 0 spiro atoms. The standard InChI is InChI=1S/C29H38BNO5/c1-3-20-16-23-27(29(34)31(28(23)33)21-9-5-4-6-10-21)24-17-30(35)36-25(26(20)24)13-12-18(2)14-19-8-7-11-22(32)15-19/h7-8,11,14-15,21,23-25,27,32,35H,3-6,9-10,12-13,16-17H2,1-2H3/b18-14+/t23-,24+,25-,27-/m1/s1. The molecule has 2 saturated heterocycles. The number of hydrogen-bond acceptors (Lipinski definition) is 5. The van der Waals surface area contributed by atoms with Gasteiger partial charge in [0.15, 0.2) is 0 Å². The van der Waals surface area contributed by atoms with Gasteiger partial charge >= 0.3 is 7.12 Å². The number of rotatable bonds is 6. The molecular weight excluding hydrogens is 453 g/mol. The lowest BCUT2D eigenvalue weighted by Gasteiger charge is -2.43. The Morgan fingerprint density at radius 2 is 1.94 bits per heavy atom. The van der Waals surface area contributed by atoms with Crippen LogP contribution >= 0.6 is 0 Å². The molecule has 1 aromatic carbocycles. The Bertz CT molecular complexity index is 1080. The molecule has 3 fully saturated rings. The number of likely N-dealkylation sites (tertiary alicyclic amines) is 1. The normalized spacial score (nSPS) is 29.6. The molecule has 2 N–H and O–H groups in total. The summed E-state index contributed by atoms with van der Waals surface area (Å²) in [5.74, 6) is -0.540. The molecular formula is C29H38BNO5. The molecule has 2 aliphatic carbocycles. The number of carbonyl (C=O) groups excluding carboxylic acids is 2. The number of amides is 2. The molecule has 7 heteroatoms. The van der Waals surface area contributed by atoms with Crippen LogP contribution in [0.3, 0.4) is 0 Å². The number of benzene rings is 1. The van der Waals surface area contributed by atoms with Gasteiger partial charge in [-0.3, -0.25) is 14.5 Å². The van der Waals surface area contributed by atoms with Crippen LogP contribution in [-0.4, -0.2) is 46.1 Å². The number of aromatic hydroxyl groups is 1. The zero-order valence-corrected chi connectivity index (χ0v) is 21.5. The van der Waals surface area contributed by atoms with Crippen LogP contribution in [0.5, 0.6) is 5.75 Å². The van der Waals surface area contributed by atoms with E-state index in [1.807, 2.05) is 12.1 Å². The van der Waals surface area contributed by atoms with Gasteiger partial charge in [-0.15, -0.1) is 0 Å². The van der Waals surface area contributed by atoms with Crippen molar-refractivity contribution in [1.29, 1.82) is 0 Å². The van der Waals surface area contributed by atoms with Crippen molar-refractivity contribution >= 4 is 25.0 Å². The van der Waals surface area contributed by atoms with Crippen LogP contribution in [0.4, 0.5) is 0 Å². The molecule has 4 atom stereocenters. The molecule has 4 aliphatic rings. The van der Waals surface area contributed by atoms with Crippen LogP contribution in [0, 0.1) is 17.8 Å². The van der Waals surface area contributed by atoms with E-state index in [0.717, 1.165) is 49.7 Å². The van der Waals surface area contributed by atoms with Crippen LogP contribution in [0.25, 0.3) is 6.08 Å². The highest BCUT2D eigenvalue weighted by Crippen LogP contribution is 2.52. The molecule has 0 radical (unpaired) electrons. The molecule has 0 aromatic heterocycles. The third-order valence-corrected chi connectivity index (χ3v) is 8.79. The van der Waals surface area contributed by atoms with E-state index < -0.39 is 7.12 Å². The van der Waals surface area contributed by atoms with Gasteiger partial charge in [-0.05, 0) is 81.0 Å². The fraction of sp³-hybridized carbons (Fsp3) is 0.586. The first-order chi connectivity index (χ1) is 17.4. The van der Waals surface area contributed by atoms with Crippen LogP contribution in [0.2, 0.25) is 6.32 Å². The van der Waals surface area contributed by atoms with Crippen molar-refractivity contribution < 1.29 is 24.4 Å². The van der Waals surface area contributed by atoms with Crippen molar-refractivity contribution in [2.45, 2.75) is 90.1 Å².